The summed E-state index contributed by atoms with van der Waals surface area (Å²) >= 11 is 0. The highest BCUT2D eigenvalue weighted by Gasteiger charge is 2.44. The van der Waals surface area contributed by atoms with E-state index in [1.165, 1.54) is 17.5 Å². The lowest BCUT2D eigenvalue weighted by Crippen LogP contribution is -2.67. The largest absolute Gasteiger partial charge is 0.496 e. The molecule has 0 N–H and O–H groups in total. The second-order valence-corrected chi connectivity index (χ2v) is 6.85. The van der Waals surface area contributed by atoms with Gasteiger partial charge in [0.15, 0.2) is 0 Å². The lowest BCUT2D eigenvalue weighted by molar-refractivity contribution is -0.0777. The number of piperidine rings is 1. The highest BCUT2D eigenvalue weighted by molar-refractivity contribution is 5.30. The van der Waals surface area contributed by atoms with Crippen molar-refractivity contribution in [1.29, 1.82) is 0 Å². The summed E-state index contributed by atoms with van der Waals surface area (Å²) in [6, 6.07) is 7.50. The van der Waals surface area contributed by atoms with E-state index in [0.717, 1.165) is 37.6 Å². The maximum absolute atomic E-state index is 5.45. The van der Waals surface area contributed by atoms with E-state index in [2.05, 4.69) is 32.8 Å². The topological polar surface area (TPSA) is 41.5 Å². The number of hydrogen-bond donors (Lipinski definition) is 0. The van der Waals surface area contributed by atoms with Crippen molar-refractivity contribution in [3.05, 3.63) is 53.6 Å². The number of pyridine rings is 2. The Bertz CT molecular complexity index is 708. The molecule has 2 aromatic rings. The molecule has 0 aliphatic carbocycles. The number of aromatic nitrogens is 2. The number of rotatable bonds is 5. The van der Waals surface area contributed by atoms with Gasteiger partial charge in [-0.2, -0.15) is 0 Å². The molecule has 0 spiro atoms. The van der Waals surface area contributed by atoms with E-state index < -0.39 is 0 Å². The molecule has 5 nitrogen and oxygen atoms in total. The Balaban J connectivity index is 1.39. The fraction of sp³-hybridized carbons (Fsp3) is 0.474. The zero-order valence-corrected chi connectivity index (χ0v) is 14.4. The first-order valence-electron chi connectivity index (χ1n) is 8.60. The van der Waals surface area contributed by atoms with Gasteiger partial charge in [-0.05, 0) is 31.0 Å². The van der Waals surface area contributed by atoms with Gasteiger partial charge in [0.1, 0.15) is 5.75 Å². The van der Waals surface area contributed by atoms with E-state index in [4.69, 9.17) is 4.74 Å². The van der Waals surface area contributed by atoms with Crippen molar-refractivity contribution in [2.24, 2.45) is 0 Å². The lowest BCUT2D eigenvalue weighted by Gasteiger charge is -2.56. The van der Waals surface area contributed by atoms with E-state index in [1.807, 2.05) is 24.5 Å². The molecule has 5 rings (SSSR count). The molecular formula is C19H24N4O. The van der Waals surface area contributed by atoms with Crippen molar-refractivity contribution in [2.75, 3.05) is 20.2 Å². The quantitative estimate of drug-likeness (QED) is 0.844. The Labute approximate surface area is 143 Å². The highest BCUT2D eigenvalue weighted by Crippen LogP contribution is 2.35. The minimum absolute atomic E-state index is 0.658. The van der Waals surface area contributed by atoms with Crippen LogP contribution in [0.3, 0.4) is 0 Å². The van der Waals surface area contributed by atoms with Gasteiger partial charge in [-0.3, -0.25) is 19.8 Å². The summed E-state index contributed by atoms with van der Waals surface area (Å²) in [7, 11) is 1.73. The molecule has 0 radical (unpaired) electrons. The molecule has 0 amide bonds. The van der Waals surface area contributed by atoms with Crippen LogP contribution in [0.1, 0.15) is 23.2 Å². The van der Waals surface area contributed by atoms with Crippen LogP contribution in [0.2, 0.25) is 0 Å². The first-order valence-corrected chi connectivity index (χ1v) is 8.60. The molecule has 126 valence electrons. The Kier molecular flexibility index (Phi) is 4.21. The monoisotopic (exact) mass is 324 g/mol. The number of hydrogen-bond acceptors (Lipinski definition) is 5. The Morgan fingerprint density at radius 1 is 1.12 bits per heavy atom. The van der Waals surface area contributed by atoms with Gasteiger partial charge in [-0.25, -0.2) is 0 Å². The van der Waals surface area contributed by atoms with Gasteiger partial charge in [0.05, 0.1) is 7.11 Å². The summed E-state index contributed by atoms with van der Waals surface area (Å²) in [5.41, 5.74) is 3.69. The van der Waals surface area contributed by atoms with E-state index in [0.29, 0.717) is 12.1 Å². The lowest BCUT2D eigenvalue weighted by atomic mass is 9.86. The van der Waals surface area contributed by atoms with Crippen molar-refractivity contribution in [1.82, 2.24) is 19.8 Å². The zero-order valence-electron chi connectivity index (χ0n) is 14.4. The van der Waals surface area contributed by atoms with Crippen molar-refractivity contribution < 1.29 is 4.74 Å². The number of aryl methyl sites for hydroxylation is 1. The van der Waals surface area contributed by atoms with Crippen molar-refractivity contribution >= 4 is 0 Å². The molecule has 2 atom stereocenters. The first kappa shape index (κ1) is 15.5. The van der Waals surface area contributed by atoms with Crippen molar-refractivity contribution in [2.45, 2.75) is 38.5 Å². The van der Waals surface area contributed by atoms with Gasteiger partial charge in [0, 0.05) is 68.1 Å². The molecular weight excluding hydrogens is 300 g/mol. The third-order valence-electron chi connectivity index (χ3n) is 5.36. The molecule has 2 unspecified atom stereocenters. The number of ether oxygens (including phenoxy) is 1. The molecule has 5 heteroatoms. The van der Waals surface area contributed by atoms with Gasteiger partial charge in [-0.15, -0.1) is 0 Å². The minimum Gasteiger partial charge on any atom is -0.496 e. The van der Waals surface area contributed by atoms with Crippen molar-refractivity contribution in [3.8, 4) is 5.75 Å². The fourth-order valence-corrected chi connectivity index (χ4v) is 4.02. The van der Waals surface area contributed by atoms with Gasteiger partial charge >= 0.3 is 0 Å². The molecule has 3 aliphatic heterocycles. The van der Waals surface area contributed by atoms with Gasteiger partial charge in [-0.1, -0.05) is 6.07 Å². The van der Waals surface area contributed by atoms with Crippen molar-refractivity contribution in [3.63, 3.8) is 0 Å². The molecule has 5 heterocycles. The molecule has 3 saturated heterocycles. The summed E-state index contributed by atoms with van der Waals surface area (Å²) in [5.74, 6) is 0.937. The minimum atomic E-state index is 0.658. The SMILES string of the molecule is COc1ccncc1CN1CC2CC(C1)N2Cc1cccnc1C. The fourth-order valence-electron chi connectivity index (χ4n) is 4.02. The van der Waals surface area contributed by atoms with E-state index in [-0.39, 0.29) is 0 Å². The summed E-state index contributed by atoms with van der Waals surface area (Å²) in [6.07, 6.45) is 6.91. The predicted molar refractivity (Wildman–Crippen MR) is 92.8 cm³/mol. The number of fused-ring (bicyclic) bond motifs is 2. The van der Waals surface area contributed by atoms with Crippen LogP contribution in [-0.4, -0.2) is 52.1 Å². The smallest absolute Gasteiger partial charge is 0.126 e. The second-order valence-electron chi connectivity index (χ2n) is 6.85. The number of methoxy groups -OCH3 is 1. The van der Waals surface area contributed by atoms with Crippen LogP contribution in [0, 0.1) is 6.92 Å². The summed E-state index contributed by atoms with van der Waals surface area (Å²) in [6.45, 7) is 6.29. The zero-order chi connectivity index (χ0) is 16.5. The third kappa shape index (κ3) is 2.89. The van der Waals surface area contributed by atoms with Crippen LogP contribution >= 0.6 is 0 Å². The molecule has 2 bridgehead atoms. The Morgan fingerprint density at radius 2 is 1.96 bits per heavy atom. The predicted octanol–water partition coefficient (Wildman–Crippen LogP) is 2.25. The summed E-state index contributed by atoms with van der Waals surface area (Å²) in [5, 5.41) is 0. The standard InChI is InChI=1S/C19H24N4O/c1-14-15(4-3-6-21-14)11-23-17-8-18(23)13-22(12-17)10-16-9-20-7-5-19(16)24-2/h3-7,9,17-18H,8,10-13H2,1-2H3. The molecule has 24 heavy (non-hydrogen) atoms. The second kappa shape index (κ2) is 6.49. The van der Waals surface area contributed by atoms with Gasteiger partial charge in [0.25, 0.3) is 0 Å². The van der Waals surface area contributed by atoms with Crippen LogP contribution in [0.5, 0.6) is 5.75 Å². The molecule has 0 aromatic carbocycles. The summed E-state index contributed by atoms with van der Waals surface area (Å²) < 4.78 is 5.45. The average molecular weight is 324 g/mol. The molecule has 2 aromatic heterocycles. The summed E-state index contributed by atoms with van der Waals surface area (Å²) in [4.78, 5) is 13.8. The Morgan fingerprint density at radius 3 is 2.71 bits per heavy atom. The van der Waals surface area contributed by atoms with Crippen LogP contribution in [0.15, 0.2) is 36.8 Å². The van der Waals surface area contributed by atoms with E-state index >= 15 is 0 Å². The van der Waals surface area contributed by atoms with Gasteiger partial charge in [0.2, 0.25) is 0 Å². The van der Waals surface area contributed by atoms with Crippen LogP contribution in [0.4, 0.5) is 0 Å². The highest BCUT2D eigenvalue weighted by atomic mass is 16.5. The van der Waals surface area contributed by atoms with Crippen LogP contribution in [0.25, 0.3) is 0 Å². The number of piperazine rings is 1. The Hall–Kier alpha value is -1.98. The average Bonchev–Trinajstić information content (AvgIpc) is 2.61. The van der Waals surface area contributed by atoms with Gasteiger partial charge < -0.3 is 4.74 Å². The normalized spacial score (nSPS) is 23.8. The van der Waals surface area contributed by atoms with Crippen LogP contribution < -0.4 is 4.74 Å². The van der Waals surface area contributed by atoms with E-state index in [9.17, 15) is 0 Å². The first-order chi connectivity index (χ1) is 11.7. The maximum atomic E-state index is 5.45. The third-order valence-corrected chi connectivity index (χ3v) is 5.36. The number of nitrogens with zero attached hydrogens (tertiary/aromatic N) is 4. The maximum Gasteiger partial charge on any atom is 0.126 e. The molecule has 3 fully saturated rings. The van der Waals surface area contributed by atoms with E-state index in [1.54, 1.807) is 13.3 Å². The molecule has 0 saturated carbocycles. The molecule has 3 aliphatic rings. The van der Waals surface area contributed by atoms with Crippen LogP contribution in [-0.2, 0) is 13.1 Å².